The van der Waals surface area contributed by atoms with Gasteiger partial charge in [-0.25, -0.2) is 0 Å². The molecule has 0 aliphatic heterocycles. The van der Waals surface area contributed by atoms with E-state index in [1.54, 1.807) is 0 Å². The molecule has 1 N–H and O–H groups in total. The Morgan fingerprint density at radius 3 is 2.68 bits per heavy atom. The third kappa shape index (κ3) is 3.60. The largest absolute Gasteiger partial charge is 0.374 e. The molecule has 0 radical (unpaired) electrons. The van der Waals surface area contributed by atoms with E-state index in [1.165, 1.54) is 41.5 Å². The molecule has 19 heavy (non-hydrogen) atoms. The van der Waals surface area contributed by atoms with E-state index in [2.05, 4.69) is 46.7 Å². The molecule has 1 aromatic heterocycles. The minimum Gasteiger partial charge on any atom is -0.374 e. The Kier molecular flexibility index (Phi) is 5.87. The van der Waals surface area contributed by atoms with Crippen LogP contribution in [-0.2, 0) is 11.2 Å². The van der Waals surface area contributed by atoms with Gasteiger partial charge < -0.3 is 10.1 Å². The molecule has 1 heterocycles. The Bertz CT molecular complexity index is 382. The standard InChI is InChI=1S/C15H24BrNOS/c1-3-18-15(8-5-4-6-9-15)14(17-2)11-13-12(16)7-10-19-13/h7,10,14,17H,3-6,8-9,11H2,1-2H3. The van der Waals surface area contributed by atoms with E-state index in [0.29, 0.717) is 6.04 Å². The van der Waals surface area contributed by atoms with Crippen LogP contribution in [0, 0.1) is 0 Å². The van der Waals surface area contributed by atoms with Gasteiger partial charge in [0.1, 0.15) is 0 Å². The zero-order valence-corrected chi connectivity index (χ0v) is 14.3. The molecular weight excluding hydrogens is 322 g/mol. The zero-order valence-electron chi connectivity index (χ0n) is 11.9. The van der Waals surface area contributed by atoms with Crippen molar-refractivity contribution in [1.82, 2.24) is 5.32 Å². The van der Waals surface area contributed by atoms with Crippen LogP contribution in [0.4, 0.5) is 0 Å². The smallest absolute Gasteiger partial charge is 0.0838 e. The summed E-state index contributed by atoms with van der Waals surface area (Å²) in [5.74, 6) is 0. The molecule has 1 aliphatic rings. The van der Waals surface area contributed by atoms with Crippen molar-refractivity contribution in [1.29, 1.82) is 0 Å². The number of hydrogen-bond acceptors (Lipinski definition) is 3. The molecule has 1 saturated carbocycles. The number of likely N-dealkylation sites (N-methyl/N-ethyl adjacent to an activating group) is 1. The van der Waals surface area contributed by atoms with E-state index in [4.69, 9.17) is 4.74 Å². The Morgan fingerprint density at radius 1 is 1.42 bits per heavy atom. The fourth-order valence-corrected chi connectivity index (χ4v) is 4.80. The van der Waals surface area contributed by atoms with E-state index in [9.17, 15) is 0 Å². The molecule has 1 aliphatic carbocycles. The molecule has 0 bridgehead atoms. The molecule has 2 rings (SSSR count). The Balaban J connectivity index is 2.14. The zero-order chi connectivity index (χ0) is 13.7. The summed E-state index contributed by atoms with van der Waals surface area (Å²) in [6.07, 6.45) is 7.38. The molecule has 1 atom stereocenters. The first-order valence-corrected chi connectivity index (χ1v) is 8.92. The first-order valence-electron chi connectivity index (χ1n) is 7.25. The highest BCUT2D eigenvalue weighted by Gasteiger charge is 2.40. The summed E-state index contributed by atoms with van der Waals surface area (Å²) in [7, 11) is 2.07. The van der Waals surface area contributed by atoms with Crippen LogP contribution in [0.3, 0.4) is 0 Å². The van der Waals surface area contributed by atoms with Crippen molar-refractivity contribution < 1.29 is 4.74 Å². The van der Waals surface area contributed by atoms with Gasteiger partial charge in [-0.15, -0.1) is 11.3 Å². The minimum atomic E-state index is 0.0329. The molecule has 0 aromatic carbocycles. The fourth-order valence-electron chi connectivity index (χ4n) is 3.24. The summed E-state index contributed by atoms with van der Waals surface area (Å²) in [5, 5.41) is 5.68. The van der Waals surface area contributed by atoms with E-state index >= 15 is 0 Å². The highest BCUT2D eigenvalue weighted by molar-refractivity contribution is 9.10. The second kappa shape index (κ2) is 7.21. The van der Waals surface area contributed by atoms with Crippen LogP contribution < -0.4 is 5.32 Å². The minimum absolute atomic E-state index is 0.0329. The van der Waals surface area contributed by atoms with Gasteiger partial charge in [0.15, 0.2) is 0 Å². The van der Waals surface area contributed by atoms with Gasteiger partial charge in [0.2, 0.25) is 0 Å². The van der Waals surface area contributed by atoms with Crippen LogP contribution in [0.15, 0.2) is 15.9 Å². The van der Waals surface area contributed by atoms with Gasteiger partial charge >= 0.3 is 0 Å². The Labute approximate surface area is 129 Å². The van der Waals surface area contributed by atoms with Crippen molar-refractivity contribution in [3.05, 3.63) is 20.8 Å². The second-order valence-corrected chi connectivity index (χ2v) is 7.15. The lowest BCUT2D eigenvalue weighted by Gasteiger charge is -2.43. The molecular formula is C15H24BrNOS. The van der Waals surface area contributed by atoms with Crippen LogP contribution in [0.1, 0.15) is 43.9 Å². The van der Waals surface area contributed by atoms with Crippen LogP contribution in [0.5, 0.6) is 0 Å². The Hall–Kier alpha value is 0.1000. The number of nitrogens with one attached hydrogen (secondary N) is 1. The average molecular weight is 346 g/mol. The van der Waals surface area contributed by atoms with Crippen LogP contribution >= 0.6 is 27.3 Å². The first kappa shape index (κ1) is 15.5. The van der Waals surface area contributed by atoms with Crippen molar-refractivity contribution >= 4 is 27.3 Å². The molecule has 2 nitrogen and oxygen atoms in total. The van der Waals surface area contributed by atoms with Crippen molar-refractivity contribution in [2.75, 3.05) is 13.7 Å². The second-order valence-electron chi connectivity index (χ2n) is 5.30. The maximum absolute atomic E-state index is 6.24. The van der Waals surface area contributed by atoms with Gasteiger partial charge in [0.05, 0.1) is 5.60 Å². The van der Waals surface area contributed by atoms with Gasteiger partial charge in [0.25, 0.3) is 0 Å². The van der Waals surface area contributed by atoms with E-state index in [-0.39, 0.29) is 5.60 Å². The van der Waals surface area contributed by atoms with Crippen molar-refractivity contribution in [3.63, 3.8) is 0 Å². The van der Waals surface area contributed by atoms with Crippen molar-refractivity contribution in [3.8, 4) is 0 Å². The number of rotatable bonds is 6. The number of halogens is 1. The lowest BCUT2D eigenvalue weighted by Crippen LogP contribution is -2.53. The molecule has 0 amide bonds. The summed E-state index contributed by atoms with van der Waals surface area (Å²) in [4.78, 5) is 1.42. The van der Waals surface area contributed by atoms with Crippen LogP contribution in [-0.4, -0.2) is 25.3 Å². The summed E-state index contributed by atoms with van der Waals surface area (Å²) >= 11 is 5.48. The topological polar surface area (TPSA) is 21.3 Å². The van der Waals surface area contributed by atoms with Crippen molar-refractivity contribution in [2.24, 2.45) is 0 Å². The first-order chi connectivity index (χ1) is 9.22. The Morgan fingerprint density at radius 2 is 2.16 bits per heavy atom. The van der Waals surface area contributed by atoms with Crippen molar-refractivity contribution in [2.45, 2.75) is 57.1 Å². The SMILES string of the molecule is CCOC1(C(Cc2sccc2Br)NC)CCCCC1. The van der Waals surface area contributed by atoms with Gasteiger partial charge in [-0.2, -0.15) is 0 Å². The highest BCUT2D eigenvalue weighted by Crippen LogP contribution is 2.37. The highest BCUT2D eigenvalue weighted by atomic mass is 79.9. The quantitative estimate of drug-likeness (QED) is 0.825. The molecule has 1 aromatic rings. The van der Waals surface area contributed by atoms with E-state index in [0.717, 1.165) is 13.0 Å². The molecule has 4 heteroatoms. The summed E-state index contributed by atoms with van der Waals surface area (Å²) in [6.45, 7) is 2.92. The van der Waals surface area contributed by atoms with E-state index < -0.39 is 0 Å². The summed E-state index contributed by atoms with van der Waals surface area (Å²) < 4.78 is 7.48. The normalized spacial score (nSPS) is 20.4. The van der Waals surface area contributed by atoms with Crippen LogP contribution in [0.25, 0.3) is 0 Å². The number of ether oxygens (including phenoxy) is 1. The lowest BCUT2D eigenvalue weighted by atomic mass is 9.77. The average Bonchev–Trinajstić information content (AvgIpc) is 2.82. The van der Waals surface area contributed by atoms with Gasteiger partial charge in [0, 0.05) is 28.4 Å². The lowest BCUT2D eigenvalue weighted by molar-refractivity contribution is -0.0882. The van der Waals surface area contributed by atoms with Gasteiger partial charge in [-0.1, -0.05) is 19.3 Å². The third-order valence-electron chi connectivity index (χ3n) is 4.20. The predicted octanol–water partition coefficient (Wildman–Crippen LogP) is 4.38. The monoisotopic (exact) mass is 345 g/mol. The predicted molar refractivity (Wildman–Crippen MR) is 86.0 cm³/mol. The fraction of sp³-hybridized carbons (Fsp3) is 0.733. The number of thiophene rings is 1. The third-order valence-corrected chi connectivity index (χ3v) is 6.14. The molecule has 1 fully saturated rings. The maximum Gasteiger partial charge on any atom is 0.0838 e. The summed E-state index contributed by atoms with van der Waals surface area (Å²) in [5.41, 5.74) is 0.0329. The van der Waals surface area contributed by atoms with Crippen LogP contribution in [0.2, 0.25) is 0 Å². The molecule has 0 saturated heterocycles. The van der Waals surface area contributed by atoms with Gasteiger partial charge in [-0.3, -0.25) is 0 Å². The molecule has 0 spiro atoms. The maximum atomic E-state index is 6.24. The molecule has 108 valence electrons. The molecule has 1 unspecified atom stereocenters. The number of hydrogen-bond donors (Lipinski definition) is 1. The van der Waals surface area contributed by atoms with Gasteiger partial charge in [-0.05, 0) is 54.2 Å². The summed E-state index contributed by atoms with van der Waals surface area (Å²) in [6, 6.07) is 2.55. The van der Waals surface area contributed by atoms with E-state index in [1.807, 2.05) is 11.3 Å².